The Morgan fingerprint density at radius 3 is 2.78 bits per heavy atom. The SMILES string of the molecule is COn1c(NCc2ccc(C#N)cc2)nc2c(c1=O)CN(C(=O)c1ccc3c(c1)NC(=O)COC3)CC2. The molecule has 11 heteroatoms. The molecule has 37 heavy (non-hydrogen) atoms. The first kappa shape index (κ1) is 24.0. The van der Waals surface area contributed by atoms with Gasteiger partial charge in [-0.3, -0.25) is 14.4 Å². The summed E-state index contributed by atoms with van der Waals surface area (Å²) in [7, 11) is 1.38. The third kappa shape index (κ3) is 4.87. The maximum atomic E-state index is 13.3. The molecule has 0 bridgehead atoms. The van der Waals surface area contributed by atoms with Crippen molar-refractivity contribution in [3.05, 3.63) is 86.3 Å². The zero-order valence-electron chi connectivity index (χ0n) is 20.1. The topological polar surface area (TPSA) is 139 Å². The number of hydrogen-bond donors (Lipinski definition) is 2. The molecule has 1 aromatic heterocycles. The summed E-state index contributed by atoms with van der Waals surface area (Å²) in [6.07, 6.45) is 0.405. The summed E-state index contributed by atoms with van der Waals surface area (Å²) in [5.74, 6) is -0.261. The van der Waals surface area contributed by atoms with Crippen LogP contribution in [0.1, 0.15) is 38.3 Å². The van der Waals surface area contributed by atoms with Crippen LogP contribution in [0.15, 0.2) is 47.3 Å². The predicted molar refractivity (Wildman–Crippen MR) is 133 cm³/mol. The van der Waals surface area contributed by atoms with Crippen LogP contribution in [-0.2, 0) is 35.6 Å². The summed E-state index contributed by atoms with van der Waals surface area (Å²) in [6.45, 7) is 1.10. The number of rotatable bonds is 5. The second-order valence-electron chi connectivity index (χ2n) is 8.69. The predicted octanol–water partition coefficient (Wildman–Crippen LogP) is 1.45. The minimum absolute atomic E-state index is 0.0377. The molecule has 2 aromatic carbocycles. The van der Waals surface area contributed by atoms with E-state index in [4.69, 9.17) is 14.8 Å². The number of hydrogen-bond acceptors (Lipinski definition) is 8. The van der Waals surface area contributed by atoms with Crippen molar-refractivity contribution in [3.8, 4) is 6.07 Å². The molecule has 0 aliphatic carbocycles. The van der Waals surface area contributed by atoms with Crippen LogP contribution < -0.4 is 21.0 Å². The number of nitriles is 1. The van der Waals surface area contributed by atoms with Crippen LogP contribution in [0.4, 0.5) is 11.6 Å². The van der Waals surface area contributed by atoms with Crippen LogP contribution in [-0.4, -0.2) is 46.7 Å². The maximum absolute atomic E-state index is 13.3. The van der Waals surface area contributed by atoms with Crippen molar-refractivity contribution in [1.82, 2.24) is 14.6 Å². The molecule has 2 amide bonds. The van der Waals surface area contributed by atoms with E-state index in [0.717, 1.165) is 15.9 Å². The Labute approximate surface area is 212 Å². The molecule has 0 unspecified atom stereocenters. The van der Waals surface area contributed by atoms with Crippen LogP contribution in [0.3, 0.4) is 0 Å². The second kappa shape index (κ2) is 10.1. The molecule has 0 radical (unpaired) electrons. The zero-order valence-corrected chi connectivity index (χ0v) is 20.1. The van der Waals surface area contributed by atoms with Crippen molar-refractivity contribution in [1.29, 1.82) is 5.26 Å². The first-order chi connectivity index (χ1) is 18.0. The van der Waals surface area contributed by atoms with Gasteiger partial charge in [0.1, 0.15) is 13.7 Å². The van der Waals surface area contributed by atoms with Gasteiger partial charge in [-0.15, -0.1) is 4.73 Å². The molecule has 0 saturated carbocycles. The van der Waals surface area contributed by atoms with E-state index in [-0.39, 0.29) is 37.5 Å². The average Bonchev–Trinajstić information content (AvgIpc) is 3.11. The molecule has 188 valence electrons. The first-order valence-electron chi connectivity index (χ1n) is 11.7. The molecule has 2 N–H and O–H groups in total. The van der Waals surface area contributed by atoms with Gasteiger partial charge in [0, 0.05) is 36.3 Å². The summed E-state index contributed by atoms with van der Waals surface area (Å²) in [6, 6.07) is 14.3. The van der Waals surface area contributed by atoms with Gasteiger partial charge in [0.05, 0.1) is 36.0 Å². The number of nitrogens with zero attached hydrogens (tertiary/aromatic N) is 4. The van der Waals surface area contributed by atoms with E-state index >= 15 is 0 Å². The molecular weight excluding hydrogens is 476 g/mol. The number of nitrogens with one attached hydrogen (secondary N) is 2. The van der Waals surface area contributed by atoms with Gasteiger partial charge in [-0.1, -0.05) is 18.2 Å². The van der Waals surface area contributed by atoms with Crippen LogP contribution in [0, 0.1) is 11.3 Å². The smallest absolute Gasteiger partial charge is 0.293 e. The highest BCUT2D eigenvalue weighted by Crippen LogP contribution is 2.24. The quantitative estimate of drug-likeness (QED) is 0.537. The minimum Gasteiger partial charge on any atom is -0.411 e. The molecule has 3 aromatic rings. The van der Waals surface area contributed by atoms with Gasteiger partial charge in [0.2, 0.25) is 11.9 Å². The van der Waals surface area contributed by atoms with E-state index in [1.165, 1.54) is 7.11 Å². The Morgan fingerprint density at radius 1 is 1.22 bits per heavy atom. The Balaban J connectivity index is 1.35. The van der Waals surface area contributed by atoms with Crippen molar-refractivity contribution < 1.29 is 19.2 Å². The first-order valence-corrected chi connectivity index (χ1v) is 11.7. The number of ether oxygens (including phenoxy) is 1. The van der Waals surface area contributed by atoms with Crippen LogP contribution in [0.5, 0.6) is 0 Å². The van der Waals surface area contributed by atoms with Crippen LogP contribution in [0.25, 0.3) is 0 Å². The van der Waals surface area contributed by atoms with Crippen LogP contribution >= 0.6 is 0 Å². The molecule has 2 aliphatic heterocycles. The third-order valence-corrected chi connectivity index (χ3v) is 6.32. The van der Waals surface area contributed by atoms with Gasteiger partial charge >= 0.3 is 0 Å². The summed E-state index contributed by atoms with van der Waals surface area (Å²) >= 11 is 0. The van der Waals surface area contributed by atoms with Gasteiger partial charge in [-0.2, -0.15) is 5.26 Å². The fourth-order valence-corrected chi connectivity index (χ4v) is 4.37. The highest BCUT2D eigenvalue weighted by Gasteiger charge is 2.28. The normalized spacial score (nSPS) is 14.5. The van der Waals surface area contributed by atoms with Gasteiger partial charge in [-0.25, -0.2) is 4.98 Å². The number of anilines is 2. The number of fused-ring (bicyclic) bond motifs is 2. The minimum atomic E-state index is -0.390. The van der Waals surface area contributed by atoms with E-state index < -0.39 is 5.56 Å². The average molecular weight is 501 g/mol. The number of carbonyl (C=O) groups excluding carboxylic acids is 2. The molecule has 11 nitrogen and oxygen atoms in total. The third-order valence-electron chi connectivity index (χ3n) is 6.32. The van der Waals surface area contributed by atoms with E-state index in [9.17, 15) is 14.4 Å². The highest BCUT2D eigenvalue weighted by molar-refractivity contribution is 5.98. The lowest BCUT2D eigenvalue weighted by atomic mass is 10.0. The number of carbonyl (C=O) groups is 2. The summed E-state index contributed by atoms with van der Waals surface area (Å²) in [5, 5.41) is 14.8. The lowest BCUT2D eigenvalue weighted by molar-refractivity contribution is -0.120. The number of benzene rings is 2. The Bertz CT molecular complexity index is 1470. The standard InChI is InChI=1S/C26H24N6O5/c1-36-32-25(35)20-13-31(24(34)18-6-7-19-14-37-15-23(33)29-22(19)10-18)9-8-21(20)30-26(32)28-12-17-4-2-16(11-27)3-5-17/h2-7,10H,8-9,12-15H2,1H3,(H,28,30)(H,29,33). The van der Waals surface area contributed by atoms with Crippen molar-refractivity contribution in [3.63, 3.8) is 0 Å². The molecular formula is C26H24N6O5. The maximum Gasteiger partial charge on any atom is 0.293 e. The van der Waals surface area contributed by atoms with Crippen molar-refractivity contribution >= 4 is 23.5 Å². The molecule has 0 atom stereocenters. The fourth-order valence-electron chi connectivity index (χ4n) is 4.37. The second-order valence-corrected chi connectivity index (χ2v) is 8.69. The van der Waals surface area contributed by atoms with Gasteiger partial charge < -0.3 is 25.1 Å². The van der Waals surface area contributed by atoms with Gasteiger partial charge in [-0.05, 0) is 29.8 Å². The number of amides is 2. The largest absolute Gasteiger partial charge is 0.411 e. The Hall–Kier alpha value is -4.69. The van der Waals surface area contributed by atoms with E-state index in [2.05, 4.69) is 21.7 Å². The van der Waals surface area contributed by atoms with E-state index in [1.807, 2.05) is 12.1 Å². The van der Waals surface area contributed by atoms with Gasteiger partial charge in [0.15, 0.2) is 0 Å². The van der Waals surface area contributed by atoms with Crippen molar-refractivity contribution in [2.45, 2.75) is 26.1 Å². The number of aromatic nitrogens is 2. The molecule has 5 rings (SSSR count). The zero-order chi connectivity index (χ0) is 25.9. The molecule has 0 spiro atoms. The molecule has 0 saturated heterocycles. The van der Waals surface area contributed by atoms with Crippen molar-refractivity contribution in [2.75, 3.05) is 30.9 Å². The highest BCUT2D eigenvalue weighted by atomic mass is 16.7. The van der Waals surface area contributed by atoms with Crippen molar-refractivity contribution in [2.24, 2.45) is 0 Å². The van der Waals surface area contributed by atoms with E-state index in [0.29, 0.717) is 47.6 Å². The summed E-state index contributed by atoms with van der Waals surface area (Å²) in [5.41, 5.74) is 3.83. The van der Waals surface area contributed by atoms with Gasteiger partial charge in [0.25, 0.3) is 11.5 Å². The van der Waals surface area contributed by atoms with E-state index in [1.54, 1.807) is 35.2 Å². The lowest BCUT2D eigenvalue weighted by Crippen LogP contribution is -2.42. The molecule has 3 heterocycles. The summed E-state index contributed by atoms with van der Waals surface area (Å²) < 4.78 is 6.38. The molecule has 2 aliphatic rings. The summed E-state index contributed by atoms with van der Waals surface area (Å²) in [4.78, 5) is 49.9. The lowest BCUT2D eigenvalue weighted by Gasteiger charge is -2.29. The fraction of sp³-hybridized carbons (Fsp3) is 0.269. The monoisotopic (exact) mass is 500 g/mol. The molecule has 0 fully saturated rings. The Morgan fingerprint density at radius 2 is 2.03 bits per heavy atom. The van der Waals surface area contributed by atoms with Crippen LogP contribution in [0.2, 0.25) is 0 Å². The Kier molecular flexibility index (Phi) is 6.57.